The molecule has 7 nitrogen and oxygen atoms in total. The molecule has 0 fully saturated rings. The summed E-state index contributed by atoms with van der Waals surface area (Å²) in [5, 5.41) is 4.19. The molecular weight excluding hydrogens is 410 g/mol. The van der Waals surface area contributed by atoms with Crippen LogP contribution in [0.15, 0.2) is 45.8 Å². The van der Waals surface area contributed by atoms with Gasteiger partial charge in [-0.3, -0.25) is 4.79 Å². The molecule has 0 aliphatic rings. The third kappa shape index (κ3) is 4.99. The zero-order valence-corrected chi connectivity index (χ0v) is 18.1. The molecule has 3 rings (SSSR count). The van der Waals surface area contributed by atoms with E-state index in [0.29, 0.717) is 23.0 Å². The van der Waals surface area contributed by atoms with Gasteiger partial charge in [-0.1, -0.05) is 23.9 Å². The number of para-hydroxylation sites is 1. The molecule has 1 amide bonds. The number of rotatable bonds is 8. The molecule has 9 heteroatoms. The van der Waals surface area contributed by atoms with Crippen molar-refractivity contribution >= 4 is 44.9 Å². The number of carbonyl (C=O) groups excluding carboxylic acids is 1. The quantitative estimate of drug-likeness (QED) is 0.330. The van der Waals surface area contributed by atoms with Gasteiger partial charge in [-0.25, -0.2) is 10.4 Å². The normalized spacial score (nSPS) is 11.4. The van der Waals surface area contributed by atoms with Crippen LogP contribution in [0.5, 0.6) is 17.2 Å². The van der Waals surface area contributed by atoms with Gasteiger partial charge in [0.15, 0.2) is 15.8 Å². The number of aromatic nitrogens is 1. The third-order valence-corrected chi connectivity index (χ3v) is 6.21. The van der Waals surface area contributed by atoms with Crippen molar-refractivity contribution in [2.75, 3.05) is 27.1 Å². The number of amides is 1. The van der Waals surface area contributed by atoms with Crippen molar-refractivity contribution in [3.63, 3.8) is 0 Å². The van der Waals surface area contributed by atoms with Crippen molar-refractivity contribution in [1.29, 1.82) is 0 Å². The Morgan fingerprint density at radius 3 is 2.45 bits per heavy atom. The summed E-state index contributed by atoms with van der Waals surface area (Å²) in [5.74, 6) is 1.57. The first-order valence-corrected chi connectivity index (χ1v) is 10.5. The first-order chi connectivity index (χ1) is 14.0. The van der Waals surface area contributed by atoms with E-state index in [4.69, 9.17) is 14.2 Å². The molecule has 0 saturated carbocycles. The van der Waals surface area contributed by atoms with Crippen LogP contribution < -0.4 is 19.6 Å². The van der Waals surface area contributed by atoms with E-state index in [1.807, 2.05) is 24.3 Å². The lowest BCUT2D eigenvalue weighted by molar-refractivity contribution is -0.118. The van der Waals surface area contributed by atoms with E-state index < -0.39 is 0 Å². The highest BCUT2D eigenvalue weighted by Gasteiger charge is 2.15. The Balaban J connectivity index is 1.64. The zero-order valence-electron chi connectivity index (χ0n) is 16.5. The van der Waals surface area contributed by atoms with E-state index in [9.17, 15) is 4.79 Å². The maximum absolute atomic E-state index is 12.2. The molecule has 0 saturated heterocycles. The summed E-state index contributed by atoms with van der Waals surface area (Å²) < 4.78 is 18.0. The Kier molecular flexibility index (Phi) is 6.95. The lowest BCUT2D eigenvalue weighted by Crippen LogP contribution is -2.21. The molecule has 1 N–H and O–H groups in total. The van der Waals surface area contributed by atoms with Crippen LogP contribution in [-0.2, 0) is 4.79 Å². The minimum absolute atomic E-state index is 0.207. The number of nitrogens with zero attached hydrogens (tertiary/aromatic N) is 2. The number of hydrogen-bond donors (Lipinski definition) is 1. The summed E-state index contributed by atoms with van der Waals surface area (Å²) in [4.78, 5) is 16.7. The number of ether oxygens (including phenoxy) is 3. The molecule has 2 aromatic carbocycles. The smallest absolute Gasteiger partial charge is 0.250 e. The van der Waals surface area contributed by atoms with Crippen LogP contribution in [0.25, 0.3) is 10.2 Å². The van der Waals surface area contributed by atoms with Crippen LogP contribution in [0.3, 0.4) is 0 Å². The molecule has 0 spiro atoms. The Hall–Kier alpha value is -2.78. The number of hydrogen-bond acceptors (Lipinski definition) is 8. The first kappa shape index (κ1) is 20.9. The monoisotopic (exact) mass is 431 g/mol. The van der Waals surface area contributed by atoms with Gasteiger partial charge in [0.25, 0.3) is 5.91 Å². The fourth-order valence-electron chi connectivity index (χ4n) is 2.57. The Labute approximate surface area is 177 Å². The van der Waals surface area contributed by atoms with Crippen LogP contribution in [-0.4, -0.2) is 43.7 Å². The van der Waals surface area contributed by atoms with Gasteiger partial charge in [0.1, 0.15) is 0 Å². The minimum Gasteiger partial charge on any atom is -0.493 e. The van der Waals surface area contributed by atoms with E-state index >= 15 is 0 Å². The van der Waals surface area contributed by atoms with Crippen LogP contribution in [0, 0.1) is 0 Å². The maximum atomic E-state index is 12.2. The van der Waals surface area contributed by atoms with Crippen LogP contribution in [0.2, 0.25) is 0 Å². The third-order valence-electron chi connectivity index (χ3n) is 4.03. The fourth-order valence-corrected chi connectivity index (χ4v) is 4.43. The van der Waals surface area contributed by atoms with Gasteiger partial charge in [0.05, 0.1) is 43.0 Å². The predicted molar refractivity (Wildman–Crippen MR) is 117 cm³/mol. The van der Waals surface area contributed by atoms with Gasteiger partial charge in [-0.05, 0) is 31.2 Å². The topological polar surface area (TPSA) is 82.0 Å². The van der Waals surface area contributed by atoms with Crippen LogP contribution in [0.4, 0.5) is 0 Å². The summed E-state index contributed by atoms with van der Waals surface area (Å²) in [6.07, 6.45) is 0. The average molecular weight is 432 g/mol. The molecule has 29 heavy (non-hydrogen) atoms. The molecule has 0 aliphatic carbocycles. The molecule has 3 aromatic rings. The molecule has 1 heterocycles. The Morgan fingerprint density at radius 1 is 1.14 bits per heavy atom. The van der Waals surface area contributed by atoms with Gasteiger partial charge in [0, 0.05) is 5.56 Å². The molecular formula is C20H21N3O4S2. The second-order valence-corrected chi connectivity index (χ2v) is 8.14. The highest BCUT2D eigenvalue weighted by Crippen LogP contribution is 2.38. The number of methoxy groups -OCH3 is 3. The van der Waals surface area contributed by atoms with E-state index in [1.165, 1.54) is 11.8 Å². The van der Waals surface area contributed by atoms with Gasteiger partial charge >= 0.3 is 0 Å². The largest absolute Gasteiger partial charge is 0.493 e. The molecule has 0 atom stereocenters. The van der Waals surface area contributed by atoms with Crippen molar-refractivity contribution < 1.29 is 19.0 Å². The maximum Gasteiger partial charge on any atom is 0.250 e. The minimum atomic E-state index is -0.207. The first-order valence-electron chi connectivity index (χ1n) is 8.67. The summed E-state index contributed by atoms with van der Waals surface area (Å²) >= 11 is 2.96. The van der Waals surface area contributed by atoms with Gasteiger partial charge in [-0.15, -0.1) is 11.3 Å². The highest BCUT2D eigenvalue weighted by molar-refractivity contribution is 8.01. The molecule has 0 unspecified atom stereocenters. The lowest BCUT2D eigenvalue weighted by atomic mass is 10.1. The number of benzene rings is 2. The van der Waals surface area contributed by atoms with Crippen LogP contribution in [0.1, 0.15) is 12.5 Å². The van der Waals surface area contributed by atoms with Crippen molar-refractivity contribution in [2.24, 2.45) is 5.10 Å². The molecule has 0 radical (unpaired) electrons. The van der Waals surface area contributed by atoms with Crippen molar-refractivity contribution in [3.05, 3.63) is 42.0 Å². The SMILES string of the molecule is COc1cc(/C(C)=N/NC(=O)CSc2nc3ccccc3s2)cc(OC)c1OC. The van der Waals surface area contributed by atoms with Gasteiger partial charge < -0.3 is 14.2 Å². The lowest BCUT2D eigenvalue weighted by Gasteiger charge is -2.14. The van der Waals surface area contributed by atoms with Crippen molar-refractivity contribution in [2.45, 2.75) is 11.3 Å². The Bertz CT molecular complexity index is 991. The second kappa shape index (κ2) is 9.62. The second-order valence-electron chi connectivity index (χ2n) is 5.88. The predicted octanol–water partition coefficient (Wildman–Crippen LogP) is 3.95. The van der Waals surface area contributed by atoms with E-state index in [1.54, 1.807) is 51.7 Å². The van der Waals surface area contributed by atoms with E-state index in [-0.39, 0.29) is 11.7 Å². The summed E-state index contributed by atoms with van der Waals surface area (Å²) in [6, 6.07) is 11.5. The average Bonchev–Trinajstić information content (AvgIpc) is 3.17. The van der Waals surface area contributed by atoms with E-state index in [0.717, 1.165) is 20.1 Å². The Morgan fingerprint density at radius 2 is 1.83 bits per heavy atom. The number of carbonyl (C=O) groups is 1. The number of nitrogens with one attached hydrogen (secondary N) is 1. The van der Waals surface area contributed by atoms with Gasteiger partial charge in [-0.2, -0.15) is 5.10 Å². The van der Waals surface area contributed by atoms with Crippen LogP contribution >= 0.6 is 23.1 Å². The van der Waals surface area contributed by atoms with Crippen molar-refractivity contribution in [3.8, 4) is 17.2 Å². The summed E-state index contributed by atoms with van der Waals surface area (Å²) in [5.41, 5.74) is 4.88. The molecule has 1 aromatic heterocycles. The summed E-state index contributed by atoms with van der Waals surface area (Å²) in [7, 11) is 4.65. The molecule has 0 aliphatic heterocycles. The molecule has 152 valence electrons. The number of thioether (sulfide) groups is 1. The van der Waals surface area contributed by atoms with Gasteiger partial charge in [0.2, 0.25) is 5.75 Å². The van der Waals surface area contributed by atoms with Crippen molar-refractivity contribution in [1.82, 2.24) is 10.4 Å². The number of hydrazone groups is 1. The highest BCUT2D eigenvalue weighted by atomic mass is 32.2. The number of thiazole rings is 1. The number of fused-ring (bicyclic) bond motifs is 1. The summed E-state index contributed by atoms with van der Waals surface area (Å²) in [6.45, 7) is 1.79. The zero-order chi connectivity index (χ0) is 20.8. The molecule has 0 bridgehead atoms. The standard InChI is InChI=1S/C20H21N3O4S2/c1-12(13-9-15(25-2)19(27-4)16(10-13)26-3)22-23-18(24)11-28-20-21-14-7-5-6-8-17(14)29-20/h5-10H,11H2,1-4H3,(H,23,24)/b22-12+. The fraction of sp³-hybridized carbons (Fsp3) is 0.250. The van der Waals surface area contributed by atoms with E-state index in [2.05, 4.69) is 15.5 Å².